The highest BCUT2D eigenvalue weighted by Gasteiger charge is 2.32. The van der Waals surface area contributed by atoms with Gasteiger partial charge in [-0.25, -0.2) is 0 Å². The van der Waals surface area contributed by atoms with Crippen molar-refractivity contribution in [3.05, 3.63) is 28.8 Å². The summed E-state index contributed by atoms with van der Waals surface area (Å²) < 4.78 is 0. The second-order valence-electron chi connectivity index (χ2n) is 7.02. The molecule has 110 valence electrons. The Balaban J connectivity index is 2.03. The number of ketones is 1. The fraction of sp³-hybridized carbons (Fsp3) is 0.588. The fourth-order valence-corrected chi connectivity index (χ4v) is 3.32. The van der Waals surface area contributed by atoms with Crippen LogP contribution in [0.4, 0.5) is 5.69 Å². The summed E-state index contributed by atoms with van der Waals surface area (Å²) in [4.78, 5) is 12.5. The number of anilines is 1. The number of nitrogens with two attached hydrogens (primary N) is 1. The maximum atomic E-state index is 12.5. The first-order valence-corrected chi connectivity index (χ1v) is 7.76. The smallest absolute Gasteiger partial charge is 0.165 e. The molecule has 0 unspecified atom stereocenters. The summed E-state index contributed by atoms with van der Waals surface area (Å²) in [7, 11) is 0. The van der Waals surface area contributed by atoms with Crippen LogP contribution in [0.15, 0.2) is 18.2 Å². The SMILES string of the molecule is CC(C)(C)C1CCC(C(=O)c2ccc(N)c(Cl)c2)CC1. The normalized spacial score (nSPS) is 23.6. The Morgan fingerprint density at radius 1 is 1.20 bits per heavy atom. The maximum Gasteiger partial charge on any atom is 0.165 e. The van der Waals surface area contributed by atoms with Gasteiger partial charge in [-0.2, -0.15) is 0 Å². The van der Waals surface area contributed by atoms with E-state index < -0.39 is 0 Å². The molecule has 1 aromatic carbocycles. The molecule has 0 bridgehead atoms. The minimum Gasteiger partial charge on any atom is -0.398 e. The van der Waals surface area contributed by atoms with E-state index in [0.717, 1.165) is 31.6 Å². The van der Waals surface area contributed by atoms with E-state index in [1.165, 1.54) is 0 Å². The molecule has 0 atom stereocenters. The molecule has 2 rings (SSSR count). The summed E-state index contributed by atoms with van der Waals surface area (Å²) in [6.45, 7) is 6.87. The van der Waals surface area contributed by atoms with Gasteiger partial charge >= 0.3 is 0 Å². The van der Waals surface area contributed by atoms with Gasteiger partial charge in [-0.15, -0.1) is 0 Å². The van der Waals surface area contributed by atoms with Gasteiger partial charge < -0.3 is 5.73 Å². The van der Waals surface area contributed by atoms with Crippen LogP contribution in [0.5, 0.6) is 0 Å². The first kappa shape index (κ1) is 15.4. The van der Waals surface area contributed by atoms with Gasteiger partial charge in [-0.05, 0) is 55.2 Å². The number of carbonyl (C=O) groups excluding carboxylic acids is 1. The molecule has 1 fully saturated rings. The Morgan fingerprint density at radius 2 is 1.80 bits per heavy atom. The van der Waals surface area contributed by atoms with Crippen molar-refractivity contribution in [2.45, 2.75) is 46.5 Å². The van der Waals surface area contributed by atoms with Gasteiger partial charge in [0.2, 0.25) is 0 Å². The topological polar surface area (TPSA) is 43.1 Å². The van der Waals surface area contributed by atoms with Crippen LogP contribution >= 0.6 is 11.6 Å². The quantitative estimate of drug-likeness (QED) is 0.619. The van der Waals surface area contributed by atoms with Gasteiger partial charge in [0, 0.05) is 11.5 Å². The molecule has 2 nitrogen and oxygen atoms in total. The molecule has 0 spiro atoms. The van der Waals surface area contributed by atoms with Crippen molar-refractivity contribution in [1.82, 2.24) is 0 Å². The summed E-state index contributed by atoms with van der Waals surface area (Å²) in [5, 5.41) is 0.472. The van der Waals surface area contributed by atoms with Gasteiger partial charge in [-0.3, -0.25) is 4.79 Å². The third-order valence-corrected chi connectivity index (χ3v) is 4.94. The molecule has 1 aliphatic carbocycles. The number of benzene rings is 1. The van der Waals surface area contributed by atoms with Crippen molar-refractivity contribution in [1.29, 1.82) is 0 Å². The standard InChI is InChI=1S/C17H24ClNO/c1-17(2,3)13-7-4-11(5-8-13)16(20)12-6-9-15(19)14(18)10-12/h6,9-11,13H,4-5,7-8,19H2,1-3H3. The monoisotopic (exact) mass is 293 g/mol. The zero-order valence-electron chi connectivity index (χ0n) is 12.6. The predicted octanol–water partition coefficient (Wildman–Crippen LogP) is 4.96. The largest absolute Gasteiger partial charge is 0.398 e. The number of hydrogen-bond donors (Lipinski definition) is 1. The van der Waals surface area contributed by atoms with Crippen LogP contribution in [0.1, 0.15) is 56.8 Å². The molecular formula is C17H24ClNO. The number of carbonyl (C=O) groups is 1. The highest BCUT2D eigenvalue weighted by Crippen LogP contribution is 2.40. The summed E-state index contributed by atoms with van der Waals surface area (Å²) in [6.07, 6.45) is 4.26. The highest BCUT2D eigenvalue weighted by molar-refractivity contribution is 6.33. The minimum atomic E-state index is 0.147. The van der Waals surface area contributed by atoms with Gasteiger partial charge in [0.05, 0.1) is 10.7 Å². The van der Waals surface area contributed by atoms with Crippen LogP contribution in [-0.2, 0) is 0 Å². The molecule has 0 saturated heterocycles. The van der Waals surface area contributed by atoms with Crippen molar-refractivity contribution in [2.75, 3.05) is 5.73 Å². The van der Waals surface area contributed by atoms with Gasteiger partial charge in [0.25, 0.3) is 0 Å². The van der Waals surface area contributed by atoms with E-state index in [4.69, 9.17) is 17.3 Å². The lowest BCUT2D eigenvalue weighted by atomic mass is 9.69. The number of nitrogen functional groups attached to an aromatic ring is 1. The Morgan fingerprint density at radius 3 is 2.30 bits per heavy atom. The first-order chi connectivity index (χ1) is 9.29. The van der Waals surface area contributed by atoms with Gasteiger partial charge in [0.15, 0.2) is 5.78 Å². The van der Waals surface area contributed by atoms with Crippen molar-refractivity contribution in [3.63, 3.8) is 0 Å². The Hall–Kier alpha value is -1.02. The second-order valence-corrected chi connectivity index (χ2v) is 7.42. The van der Waals surface area contributed by atoms with E-state index in [0.29, 0.717) is 21.7 Å². The number of halogens is 1. The summed E-state index contributed by atoms with van der Waals surface area (Å²) in [6, 6.07) is 5.21. The highest BCUT2D eigenvalue weighted by atomic mass is 35.5. The molecule has 0 heterocycles. The third-order valence-electron chi connectivity index (χ3n) is 4.61. The zero-order chi connectivity index (χ0) is 14.9. The van der Waals surface area contributed by atoms with Crippen LogP contribution in [0, 0.1) is 17.3 Å². The molecule has 0 aliphatic heterocycles. The molecular weight excluding hydrogens is 270 g/mol. The molecule has 0 radical (unpaired) electrons. The van der Waals surface area contributed by atoms with E-state index in [1.54, 1.807) is 18.2 Å². The fourth-order valence-electron chi connectivity index (χ4n) is 3.14. The lowest BCUT2D eigenvalue weighted by Gasteiger charge is -2.36. The van der Waals surface area contributed by atoms with E-state index in [2.05, 4.69) is 20.8 Å². The van der Waals surface area contributed by atoms with Crippen molar-refractivity contribution in [3.8, 4) is 0 Å². The molecule has 0 amide bonds. The molecule has 1 aromatic rings. The zero-order valence-corrected chi connectivity index (χ0v) is 13.3. The molecule has 20 heavy (non-hydrogen) atoms. The van der Waals surface area contributed by atoms with Crippen LogP contribution in [0.25, 0.3) is 0 Å². The second kappa shape index (κ2) is 5.77. The Labute approximate surface area is 126 Å². The lowest BCUT2D eigenvalue weighted by molar-refractivity contribution is 0.0819. The van der Waals surface area contributed by atoms with Gasteiger partial charge in [0.1, 0.15) is 0 Å². The van der Waals surface area contributed by atoms with E-state index in [9.17, 15) is 4.79 Å². The van der Waals surface area contributed by atoms with Crippen LogP contribution in [0.3, 0.4) is 0 Å². The van der Waals surface area contributed by atoms with E-state index >= 15 is 0 Å². The average Bonchev–Trinajstić information content (AvgIpc) is 2.40. The summed E-state index contributed by atoms with van der Waals surface area (Å²) in [5.41, 5.74) is 7.26. The van der Waals surface area contributed by atoms with E-state index in [-0.39, 0.29) is 11.7 Å². The number of hydrogen-bond acceptors (Lipinski definition) is 2. The molecule has 1 saturated carbocycles. The predicted molar refractivity (Wildman–Crippen MR) is 85.1 cm³/mol. The number of rotatable bonds is 2. The molecule has 0 aromatic heterocycles. The average molecular weight is 294 g/mol. The van der Waals surface area contributed by atoms with Crippen LogP contribution in [-0.4, -0.2) is 5.78 Å². The molecule has 2 N–H and O–H groups in total. The van der Waals surface area contributed by atoms with Crippen LogP contribution < -0.4 is 5.73 Å². The van der Waals surface area contributed by atoms with Crippen LogP contribution in [0.2, 0.25) is 5.02 Å². The molecule has 3 heteroatoms. The Bertz CT molecular complexity index is 496. The van der Waals surface area contributed by atoms with Crippen molar-refractivity contribution < 1.29 is 4.79 Å². The molecule has 1 aliphatic rings. The lowest BCUT2D eigenvalue weighted by Crippen LogP contribution is -2.28. The summed E-state index contributed by atoms with van der Waals surface area (Å²) >= 11 is 6.00. The third kappa shape index (κ3) is 3.35. The van der Waals surface area contributed by atoms with Crippen molar-refractivity contribution >= 4 is 23.1 Å². The first-order valence-electron chi connectivity index (χ1n) is 7.38. The Kier molecular flexibility index (Phi) is 4.43. The maximum absolute atomic E-state index is 12.5. The summed E-state index contributed by atoms with van der Waals surface area (Å²) in [5.74, 6) is 1.09. The number of Topliss-reactive ketones (excluding diaryl/α,β-unsaturated/α-hetero) is 1. The van der Waals surface area contributed by atoms with Gasteiger partial charge in [-0.1, -0.05) is 32.4 Å². The van der Waals surface area contributed by atoms with Crippen molar-refractivity contribution in [2.24, 2.45) is 17.3 Å². The van der Waals surface area contributed by atoms with E-state index in [1.807, 2.05) is 0 Å². The minimum absolute atomic E-state index is 0.147.